The minimum Gasteiger partial charge on any atom is -0.489 e. The number of aromatic nitrogens is 1. The largest absolute Gasteiger partial charge is 0.489 e. The Morgan fingerprint density at radius 3 is 2.92 bits per heavy atom. The van der Waals surface area contributed by atoms with Crippen molar-refractivity contribution in [3.63, 3.8) is 0 Å². The van der Waals surface area contributed by atoms with E-state index in [1.807, 2.05) is 6.92 Å². The van der Waals surface area contributed by atoms with E-state index in [4.69, 9.17) is 4.74 Å². The number of rotatable bonds is 4. The Morgan fingerprint density at radius 1 is 1.50 bits per heavy atom. The van der Waals surface area contributed by atoms with E-state index in [0.29, 0.717) is 36.0 Å². The standard InChI is InChI=1S/C17H17FN2O4/c1-8-7-24-16-11(5-19-9-2-3-9)13(18)4-10-14(16)20(8)6-12(15(10)21)17(22)23/h4,6,8-9,19H,2-3,5,7H2,1H3,(H,22,23). The van der Waals surface area contributed by atoms with Crippen LogP contribution in [-0.2, 0) is 6.54 Å². The molecule has 1 unspecified atom stereocenters. The molecule has 24 heavy (non-hydrogen) atoms. The normalized spacial score (nSPS) is 19.3. The summed E-state index contributed by atoms with van der Waals surface area (Å²) in [5, 5.41) is 12.5. The maximum Gasteiger partial charge on any atom is 0.341 e. The molecule has 0 spiro atoms. The molecule has 1 aliphatic heterocycles. The summed E-state index contributed by atoms with van der Waals surface area (Å²) in [7, 11) is 0. The maximum absolute atomic E-state index is 14.6. The summed E-state index contributed by atoms with van der Waals surface area (Å²) < 4.78 is 22.0. The Balaban J connectivity index is 1.99. The number of halogens is 1. The van der Waals surface area contributed by atoms with Gasteiger partial charge in [0.15, 0.2) is 5.75 Å². The molecule has 126 valence electrons. The number of pyridine rings is 1. The van der Waals surface area contributed by atoms with Crippen molar-refractivity contribution in [2.75, 3.05) is 6.61 Å². The highest BCUT2D eigenvalue weighted by atomic mass is 19.1. The number of carboxylic acid groups (broad SMARTS) is 1. The zero-order valence-corrected chi connectivity index (χ0v) is 13.1. The van der Waals surface area contributed by atoms with Gasteiger partial charge in [0.05, 0.1) is 16.9 Å². The van der Waals surface area contributed by atoms with Crippen LogP contribution in [0.1, 0.15) is 41.7 Å². The van der Waals surface area contributed by atoms with Crippen LogP contribution in [0.3, 0.4) is 0 Å². The molecule has 0 amide bonds. The highest BCUT2D eigenvalue weighted by Gasteiger charge is 2.29. The molecule has 1 saturated carbocycles. The predicted octanol–water partition coefficient (Wildman–Crippen LogP) is 2.04. The van der Waals surface area contributed by atoms with E-state index in [0.717, 1.165) is 18.9 Å². The molecule has 2 N–H and O–H groups in total. The Kier molecular flexibility index (Phi) is 3.35. The predicted molar refractivity (Wildman–Crippen MR) is 85.2 cm³/mol. The average Bonchev–Trinajstić information content (AvgIpc) is 3.35. The molecule has 1 fully saturated rings. The van der Waals surface area contributed by atoms with Crippen LogP contribution in [0, 0.1) is 5.82 Å². The molecule has 0 bridgehead atoms. The third-order valence-corrected chi connectivity index (χ3v) is 4.64. The molecule has 6 nitrogen and oxygen atoms in total. The van der Waals surface area contributed by atoms with Gasteiger partial charge in [-0.2, -0.15) is 0 Å². The SMILES string of the molecule is CC1COc2c(CNC3CC3)c(F)cc3c(=O)c(C(=O)O)cn1c23. The van der Waals surface area contributed by atoms with Gasteiger partial charge in [-0.3, -0.25) is 4.79 Å². The van der Waals surface area contributed by atoms with Crippen LogP contribution in [0.5, 0.6) is 5.75 Å². The van der Waals surface area contributed by atoms with Crippen molar-refractivity contribution in [3.05, 3.63) is 39.4 Å². The van der Waals surface area contributed by atoms with Gasteiger partial charge in [0.25, 0.3) is 0 Å². The summed E-state index contributed by atoms with van der Waals surface area (Å²) in [6.45, 7) is 2.49. The first kappa shape index (κ1) is 15.1. The lowest BCUT2D eigenvalue weighted by molar-refractivity contribution is 0.0694. The van der Waals surface area contributed by atoms with Crippen molar-refractivity contribution in [2.24, 2.45) is 0 Å². The van der Waals surface area contributed by atoms with Crippen molar-refractivity contribution in [1.29, 1.82) is 0 Å². The van der Waals surface area contributed by atoms with Crippen molar-refractivity contribution >= 4 is 16.9 Å². The van der Waals surface area contributed by atoms with Crippen LogP contribution in [0.4, 0.5) is 4.39 Å². The Morgan fingerprint density at radius 2 is 2.25 bits per heavy atom. The molecule has 2 aliphatic rings. The zero-order chi connectivity index (χ0) is 17.0. The third kappa shape index (κ3) is 2.27. The lowest BCUT2D eigenvalue weighted by Crippen LogP contribution is -2.28. The zero-order valence-electron chi connectivity index (χ0n) is 13.1. The fourth-order valence-corrected chi connectivity index (χ4v) is 3.13. The summed E-state index contributed by atoms with van der Waals surface area (Å²) in [6, 6.07) is 1.40. The second kappa shape index (κ2) is 5.31. The maximum atomic E-state index is 14.6. The van der Waals surface area contributed by atoms with E-state index in [-0.39, 0.29) is 17.0 Å². The number of nitrogens with zero attached hydrogens (tertiary/aromatic N) is 1. The summed E-state index contributed by atoms with van der Waals surface area (Å²) in [4.78, 5) is 23.8. The van der Waals surface area contributed by atoms with Crippen molar-refractivity contribution in [1.82, 2.24) is 9.88 Å². The molecule has 1 aliphatic carbocycles. The number of benzene rings is 1. The van der Waals surface area contributed by atoms with Gasteiger partial charge >= 0.3 is 5.97 Å². The lowest BCUT2D eigenvalue weighted by Gasteiger charge is -2.28. The van der Waals surface area contributed by atoms with Gasteiger partial charge in [-0.05, 0) is 25.8 Å². The van der Waals surface area contributed by atoms with Crippen LogP contribution >= 0.6 is 0 Å². The monoisotopic (exact) mass is 332 g/mol. The number of carboxylic acids is 1. The highest BCUT2D eigenvalue weighted by Crippen LogP contribution is 2.36. The van der Waals surface area contributed by atoms with Gasteiger partial charge in [0.2, 0.25) is 5.43 Å². The number of aromatic carboxylic acids is 1. The summed E-state index contributed by atoms with van der Waals surface area (Å²) in [6.07, 6.45) is 3.49. The van der Waals surface area contributed by atoms with Gasteiger partial charge in [-0.15, -0.1) is 0 Å². The minimum absolute atomic E-state index is 0.0455. The molecule has 1 aromatic heterocycles. The molecular weight excluding hydrogens is 315 g/mol. The number of hydrogen-bond acceptors (Lipinski definition) is 4. The van der Waals surface area contributed by atoms with Gasteiger partial charge in [-0.25, -0.2) is 9.18 Å². The molecule has 1 aromatic carbocycles. The number of carbonyl (C=O) groups is 1. The summed E-state index contributed by atoms with van der Waals surface area (Å²) in [5.41, 5.74) is -0.186. The smallest absolute Gasteiger partial charge is 0.341 e. The molecule has 4 rings (SSSR count). The van der Waals surface area contributed by atoms with E-state index >= 15 is 0 Å². The van der Waals surface area contributed by atoms with E-state index in [1.165, 1.54) is 6.20 Å². The van der Waals surface area contributed by atoms with Crippen LogP contribution in [0.25, 0.3) is 10.9 Å². The topological polar surface area (TPSA) is 80.6 Å². The van der Waals surface area contributed by atoms with Crippen LogP contribution in [0.2, 0.25) is 0 Å². The van der Waals surface area contributed by atoms with Crippen LogP contribution < -0.4 is 15.5 Å². The first-order valence-electron chi connectivity index (χ1n) is 7.97. The first-order chi connectivity index (χ1) is 11.5. The summed E-state index contributed by atoms with van der Waals surface area (Å²) in [5.74, 6) is -1.53. The minimum atomic E-state index is -1.31. The average molecular weight is 332 g/mol. The van der Waals surface area contributed by atoms with E-state index in [9.17, 15) is 19.1 Å². The molecule has 2 aromatic rings. The van der Waals surface area contributed by atoms with E-state index in [1.54, 1.807) is 4.57 Å². The fraction of sp³-hybridized carbons (Fsp3) is 0.412. The second-order valence-corrected chi connectivity index (χ2v) is 6.46. The molecule has 0 saturated heterocycles. The molecule has 7 heteroatoms. The second-order valence-electron chi connectivity index (χ2n) is 6.46. The van der Waals surface area contributed by atoms with E-state index in [2.05, 4.69) is 5.32 Å². The fourth-order valence-electron chi connectivity index (χ4n) is 3.13. The molecule has 2 heterocycles. The quantitative estimate of drug-likeness (QED) is 0.896. The lowest BCUT2D eigenvalue weighted by atomic mass is 10.0. The number of ether oxygens (including phenoxy) is 1. The van der Waals surface area contributed by atoms with Gasteiger partial charge in [-0.1, -0.05) is 0 Å². The third-order valence-electron chi connectivity index (χ3n) is 4.64. The van der Waals surface area contributed by atoms with Crippen molar-refractivity contribution in [2.45, 2.75) is 38.4 Å². The van der Waals surface area contributed by atoms with Gasteiger partial charge in [0.1, 0.15) is 18.0 Å². The molecule has 0 radical (unpaired) electrons. The Labute approximate surface area is 136 Å². The number of hydrogen-bond donors (Lipinski definition) is 2. The van der Waals surface area contributed by atoms with Crippen LogP contribution in [0.15, 0.2) is 17.1 Å². The van der Waals surface area contributed by atoms with Crippen LogP contribution in [-0.4, -0.2) is 28.3 Å². The molecule has 1 atom stereocenters. The highest BCUT2D eigenvalue weighted by molar-refractivity contribution is 5.95. The van der Waals surface area contributed by atoms with E-state index < -0.39 is 17.2 Å². The Hall–Kier alpha value is -2.41. The van der Waals surface area contributed by atoms with Gasteiger partial charge < -0.3 is 19.7 Å². The molecular formula is C17H17FN2O4. The van der Waals surface area contributed by atoms with Crippen molar-refractivity contribution in [3.8, 4) is 5.75 Å². The Bertz CT molecular complexity index is 917. The van der Waals surface area contributed by atoms with Crippen molar-refractivity contribution < 1.29 is 19.0 Å². The van der Waals surface area contributed by atoms with Gasteiger partial charge in [0, 0.05) is 24.3 Å². The summed E-state index contributed by atoms with van der Waals surface area (Å²) >= 11 is 0. The number of nitrogens with one attached hydrogen (secondary N) is 1. The first-order valence-corrected chi connectivity index (χ1v) is 7.97.